The second-order valence-corrected chi connectivity index (χ2v) is 5.22. The van der Waals surface area contributed by atoms with Gasteiger partial charge < -0.3 is 10.2 Å². The molecule has 1 atom stereocenters. The predicted octanol–water partition coefficient (Wildman–Crippen LogP) is 2.80. The molecule has 1 unspecified atom stereocenters. The molecule has 19 heavy (non-hydrogen) atoms. The third-order valence-corrected chi connectivity index (χ3v) is 3.95. The van der Waals surface area contributed by atoms with Crippen LogP contribution >= 0.6 is 0 Å². The zero-order valence-corrected chi connectivity index (χ0v) is 11.6. The smallest absolute Gasteiger partial charge is 0.274 e. The summed E-state index contributed by atoms with van der Waals surface area (Å²) < 4.78 is 0. The van der Waals surface area contributed by atoms with Crippen molar-refractivity contribution in [2.45, 2.75) is 32.2 Å². The Morgan fingerprint density at radius 3 is 2.95 bits per heavy atom. The van der Waals surface area contributed by atoms with Crippen molar-refractivity contribution in [3.05, 3.63) is 33.9 Å². The number of benzene rings is 1. The van der Waals surface area contributed by atoms with Crippen LogP contribution in [-0.4, -0.2) is 36.0 Å². The third-order valence-electron chi connectivity index (χ3n) is 3.95. The number of hydrogen-bond donors (Lipinski definition) is 1. The topological polar surface area (TPSA) is 58.4 Å². The van der Waals surface area contributed by atoms with E-state index in [1.54, 1.807) is 19.1 Å². The molecule has 0 aliphatic carbocycles. The number of piperidine rings is 1. The van der Waals surface area contributed by atoms with Gasteiger partial charge in [0.05, 0.1) is 4.92 Å². The van der Waals surface area contributed by atoms with E-state index in [0.717, 1.165) is 18.8 Å². The Bertz CT molecular complexity index is 462. The van der Waals surface area contributed by atoms with Crippen molar-refractivity contribution in [2.75, 3.05) is 25.5 Å². The lowest BCUT2D eigenvalue weighted by atomic mass is 10.0. The van der Waals surface area contributed by atoms with Crippen molar-refractivity contribution in [1.82, 2.24) is 4.90 Å². The summed E-state index contributed by atoms with van der Waals surface area (Å²) in [6.45, 7) is 3.78. The number of rotatable bonds is 4. The molecule has 2 rings (SSSR count). The summed E-state index contributed by atoms with van der Waals surface area (Å²) in [6, 6.07) is 5.71. The molecule has 1 aromatic carbocycles. The number of nitro benzene ring substituents is 1. The van der Waals surface area contributed by atoms with Crippen LogP contribution in [0.1, 0.15) is 24.8 Å². The van der Waals surface area contributed by atoms with Gasteiger partial charge in [0, 0.05) is 29.9 Å². The van der Waals surface area contributed by atoms with Crippen molar-refractivity contribution in [2.24, 2.45) is 0 Å². The Morgan fingerprint density at radius 1 is 1.47 bits per heavy atom. The lowest BCUT2D eigenvalue weighted by molar-refractivity contribution is -0.385. The summed E-state index contributed by atoms with van der Waals surface area (Å²) in [4.78, 5) is 12.9. The molecule has 1 aromatic rings. The van der Waals surface area contributed by atoms with E-state index in [2.05, 4.69) is 17.3 Å². The van der Waals surface area contributed by atoms with E-state index in [0.29, 0.717) is 11.6 Å². The lowest BCUT2D eigenvalue weighted by Crippen LogP contribution is -2.40. The fourth-order valence-corrected chi connectivity index (χ4v) is 2.64. The maximum atomic E-state index is 10.9. The Balaban J connectivity index is 2.03. The number of anilines is 1. The van der Waals surface area contributed by atoms with Gasteiger partial charge >= 0.3 is 0 Å². The first-order valence-corrected chi connectivity index (χ1v) is 6.77. The maximum Gasteiger partial charge on any atom is 0.274 e. The van der Waals surface area contributed by atoms with E-state index in [1.165, 1.54) is 19.3 Å². The number of nitro groups is 1. The summed E-state index contributed by atoms with van der Waals surface area (Å²) in [5.74, 6) is 0. The summed E-state index contributed by atoms with van der Waals surface area (Å²) in [7, 11) is 2.14. The predicted molar refractivity (Wildman–Crippen MR) is 76.6 cm³/mol. The fourth-order valence-electron chi connectivity index (χ4n) is 2.64. The van der Waals surface area contributed by atoms with E-state index < -0.39 is 0 Å². The molecule has 1 heterocycles. The van der Waals surface area contributed by atoms with Crippen LogP contribution in [0.4, 0.5) is 11.4 Å². The van der Waals surface area contributed by atoms with Gasteiger partial charge in [-0.1, -0.05) is 12.5 Å². The molecule has 1 aliphatic rings. The summed E-state index contributed by atoms with van der Waals surface area (Å²) >= 11 is 0. The minimum Gasteiger partial charge on any atom is -0.383 e. The average Bonchev–Trinajstić information content (AvgIpc) is 2.39. The van der Waals surface area contributed by atoms with Gasteiger partial charge in [0.1, 0.15) is 0 Å². The van der Waals surface area contributed by atoms with Crippen molar-refractivity contribution in [3.63, 3.8) is 0 Å². The number of likely N-dealkylation sites (tertiary alicyclic amines) is 1. The second kappa shape index (κ2) is 6.02. The van der Waals surface area contributed by atoms with Crippen molar-refractivity contribution in [3.8, 4) is 0 Å². The second-order valence-electron chi connectivity index (χ2n) is 5.22. The van der Waals surface area contributed by atoms with Crippen LogP contribution in [0.3, 0.4) is 0 Å². The molecule has 1 saturated heterocycles. The lowest BCUT2D eigenvalue weighted by Gasteiger charge is -2.32. The Morgan fingerprint density at radius 2 is 2.26 bits per heavy atom. The van der Waals surface area contributed by atoms with Crippen LogP contribution in [-0.2, 0) is 0 Å². The Labute approximate surface area is 113 Å². The first-order valence-electron chi connectivity index (χ1n) is 6.77. The van der Waals surface area contributed by atoms with Gasteiger partial charge in [0.15, 0.2) is 0 Å². The molecule has 5 heteroatoms. The maximum absolute atomic E-state index is 10.9. The molecule has 0 spiro atoms. The van der Waals surface area contributed by atoms with Gasteiger partial charge in [-0.3, -0.25) is 10.1 Å². The van der Waals surface area contributed by atoms with E-state index in [1.807, 2.05) is 6.07 Å². The molecular formula is C14H21N3O2. The van der Waals surface area contributed by atoms with Crippen LogP contribution < -0.4 is 5.32 Å². The molecule has 0 saturated carbocycles. The molecule has 0 amide bonds. The largest absolute Gasteiger partial charge is 0.383 e. The fraction of sp³-hybridized carbons (Fsp3) is 0.571. The zero-order chi connectivity index (χ0) is 13.8. The molecule has 5 nitrogen and oxygen atoms in total. The summed E-state index contributed by atoms with van der Waals surface area (Å²) in [5, 5.41) is 14.3. The van der Waals surface area contributed by atoms with Gasteiger partial charge in [0.25, 0.3) is 5.69 Å². The highest BCUT2D eigenvalue weighted by Gasteiger charge is 2.19. The highest BCUT2D eigenvalue weighted by molar-refractivity contribution is 5.59. The monoisotopic (exact) mass is 263 g/mol. The van der Waals surface area contributed by atoms with Gasteiger partial charge in [-0.2, -0.15) is 0 Å². The van der Waals surface area contributed by atoms with Crippen LogP contribution in [0.15, 0.2) is 18.2 Å². The highest BCUT2D eigenvalue weighted by Crippen LogP contribution is 2.25. The number of hydrogen-bond acceptors (Lipinski definition) is 4. The molecule has 1 N–H and O–H groups in total. The van der Waals surface area contributed by atoms with Crippen LogP contribution in [0.5, 0.6) is 0 Å². The molecular weight excluding hydrogens is 242 g/mol. The Hall–Kier alpha value is -1.62. The van der Waals surface area contributed by atoms with E-state index >= 15 is 0 Å². The minimum atomic E-state index is -0.326. The molecule has 1 fully saturated rings. The van der Waals surface area contributed by atoms with Crippen molar-refractivity contribution < 1.29 is 4.92 Å². The first-order chi connectivity index (χ1) is 9.09. The molecule has 1 aliphatic heterocycles. The van der Waals surface area contributed by atoms with Crippen LogP contribution in [0, 0.1) is 17.0 Å². The van der Waals surface area contributed by atoms with Gasteiger partial charge in [-0.25, -0.2) is 0 Å². The molecule has 0 aromatic heterocycles. The van der Waals surface area contributed by atoms with E-state index in [9.17, 15) is 10.1 Å². The summed E-state index contributed by atoms with van der Waals surface area (Å²) in [6.07, 6.45) is 3.73. The number of likely N-dealkylation sites (N-methyl/N-ethyl adjacent to an activating group) is 1. The number of nitrogens with zero attached hydrogens (tertiary/aromatic N) is 2. The summed E-state index contributed by atoms with van der Waals surface area (Å²) in [5.41, 5.74) is 1.76. The third kappa shape index (κ3) is 3.23. The normalized spacial score (nSPS) is 20.2. The highest BCUT2D eigenvalue weighted by atomic mass is 16.6. The minimum absolute atomic E-state index is 0.182. The quantitative estimate of drug-likeness (QED) is 0.670. The van der Waals surface area contributed by atoms with E-state index in [4.69, 9.17) is 0 Å². The first kappa shape index (κ1) is 13.8. The molecule has 0 bridgehead atoms. The van der Waals surface area contributed by atoms with Crippen molar-refractivity contribution in [1.29, 1.82) is 0 Å². The van der Waals surface area contributed by atoms with Crippen LogP contribution in [0.25, 0.3) is 0 Å². The standard InChI is InChI=1S/C14H21N3O2/c1-11-13(7-5-8-14(11)17(18)19)15-10-12-6-3-4-9-16(12)2/h5,7-8,12,15H,3-4,6,9-10H2,1-2H3. The SMILES string of the molecule is Cc1c(NCC2CCCCN2C)cccc1[N+](=O)[O-]. The van der Waals surface area contributed by atoms with Gasteiger partial charge in [0.2, 0.25) is 0 Å². The van der Waals surface area contributed by atoms with Crippen LogP contribution in [0.2, 0.25) is 0 Å². The van der Waals surface area contributed by atoms with Gasteiger partial charge in [-0.15, -0.1) is 0 Å². The van der Waals surface area contributed by atoms with Crippen molar-refractivity contribution >= 4 is 11.4 Å². The molecule has 104 valence electrons. The average molecular weight is 263 g/mol. The van der Waals surface area contributed by atoms with Gasteiger partial charge in [-0.05, 0) is 39.4 Å². The zero-order valence-electron chi connectivity index (χ0n) is 11.6. The molecule has 0 radical (unpaired) electrons. The van der Waals surface area contributed by atoms with E-state index in [-0.39, 0.29) is 10.6 Å². The Kier molecular flexibility index (Phi) is 4.37. The number of nitrogens with one attached hydrogen (secondary N) is 1.